The minimum atomic E-state index is -0.759. The van der Waals surface area contributed by atoms with Crippen LogP contribution in [0.4, 0.5) is 0 Å². The van der Waals surface area contributed by atoms with Gasteiger partial charge < -0.3 is 5.11 Å². The second-order valence-corrected chi connectivity index (χ2v) is 4.42. The maximum Gasteiger partial charge on any atom is 0.317 e. The number of fused-ring (bicyclic) bond motifs is 1. The van der Waals surface area contributed by atoms with Gasteiger partial charge in [-0.25, -0.2) is 0 Å². The molecule has 0 aromatic heterocycles. The van der Waals surface area contributed by atoms with Gasteiger partial charge in [0.25, 0.3) is 0 Å². The molecule has 1 aliphatic rings. The van der Waals surface area contributed by atoms with Crippen LogP contribution in [0.1, 0.15) is 30.0 Å². The summed E-state index contributed by atoms with van der Waals surface area (Å²) in [5.74, 6) is -0.759. The molecule has 0 heterocycles. The molecule has 0 fully saturated rings. The van der Waals surface area contributed by atoms with E-state index in [9.17, 15) is 4.79 Å². The van der Waals surface area contributed by atoms with Gasteiger partial charge in [-0.15, -0.1) is 0 Å². The Morgan fingerprint density at radius 1 is 1.50 bits per heavy atom. The third kappa shape index (κ3) is 2.25. The van der Waals surface area contributed by atoms with Crippen LogP contribution in [0.2, 0.25) is 0 Å². The minimum Gasteiger partial charge on any atom is -0.480 e. The van der Waals surface area contributed by atoms with E-state index in [2.05, 4.69) is 18.2 Å². The predicted octanol–water partition coefficient (Wildman–Crippen LogP) is 2.08. The molecular formula is C13H17NO2. The lowest BCUT2D eigenvalue weighted by Crippen LogP contribution is -2.32. The lowest BCUT2D eigenvalue weighted by atomic mass is 9.87. The first-order chi connectivity index (χ1) is 7.68. The molecule has 1 aromatic rings. The second-order valence-electron chi connectivity index (χ2n) is 4.42. The van der Waals surface area contributed by atoms with E-state index in [0.29, 0.717) is 0 Å². The Labute approximate surface area is 95.7 Å². The number of rotatable bonds is 3. The number of hydrogen-bond acceptors (Lipinski definition) is 2. The fourth-order valence-corrected chi connectivity index (χ4v) is 2.51. The topological polar surface area (TPSA) is 40.5 Å². The van der Waals surface area contributed by atoms with E-state index in [1.165, 1.54) is 11.1 Å². The molecule has 1 N–H and O–H groups in total. The number of aryl methyl sites for hydroxylation is 1. The van der Waals surface area contributed by atoms with Gasteiger partial charge in [0, 0.05) is 6.04 Å². The molecule has 0 bridgehead atoms. The minimum absolute atomic E-state index is 0.110. The molecule has 1 aliphatic carbocycles. The summed E-state index contributed by atoms with van der Waals surface area (Å²) in [7, 11) is 1.89. The number of likely N-dealkylation sites (N-methyl/N-ethyl adjacent to an activating group) is 1. The summed E-state index contributed by atoms with van der Waals surface area (Å²) in [6.07, 6.45) is 3.32. The lowest BCUT2D eigenvalue weighted by Gasteiger charge is -2.32. The number of nitrogens with zero attached hydrogens (tertiary/aromatic N) is 1. The molecule has 0 radical (unpaired) electrons. The summed E-state index contributed by atoms with van der Waals surface area (Å²) < 4.78 is 0. The van der Waals surface area contributed by atoms with E-state index in [-0.39, 0.29) is 12.6 Å². The number of carboxylic acid groups (broad SMARTS) is 1. The van der Waals surface area contributed by atoms with E-state index >= 15 is 0 Å². The van der Waals surface area contributed by atoms with Crippen molar-refractivity contribution >= 4 is 5.97 Å². The van der Waals surface area contributed by atoms with Crippen molar-refractivity contribution in [3.8, 4) is 0 Å². The van der Waals surface area contributed by atoms with Crippen molar-refractivity contribution in [3.63, 3.8) is 0 Å². The van der Waals surface area contributed by atoms with Gasteiger partial charge in [0.2, 0.25) is 0 Å². The van der Waals surface area contributed by atoms with Crippen molar-refractivity contribution in [2.75, 3.05) is 13.6 Å². The summed E-state index contributed by atoms with van der Waals surface area (Å²) in [6, 6.07) is 8.62. The number of carbonyl (C=O) groups is 1. The first kappa shape index (κ1) is 11.1. The van der Waals surface area contributed by atoms with Crippen LogP contribution in [0.15, 0.2) is 24.3 Å². The second kappa shape index (κ2) is 4.66. The summed E-state index contributed by atoms with van der Waals surface area (Å²) >= 11 is 0. The number of hydrogen-bond donors (Lipinski definition) is 1. The Balaban J connectivity index is 2.21. The number of aliphatic carboxylic acids is 1. The largest absolute Gasteiger partial charge is 0.480 e. The lowest BCUT2D eigenvalue weighted by molar-refractivity contribution is -0.138. The summed E-state index contributed by atoms with van der Waals surface area (Å²) in [5, 5.41) is 8.82. The Morgan fingerprint density at radius 3 is 3.00 bits per heavy atom. The van der Waals surface area contributed by atoms with Crippen molar-refractivity contribution in [2.45, 2.75) is 25.3 Å². The molecule has 0 saturated carbocycles. The zero-order chi connectivity index (χ0) is 11.5. The third-order valence-electron chi connectivity index (χ3n) is 3.25. The third-order valence-corrected chi connectivity index (χ3v) is 3.25. The molecule has 3 heteroatoms. The van der Waals surface area contributed by atoms with Crippen molar-refractivity contribution in [1.82, 2.24) is 4.90 Å². The number of carboxylic acids is 1. The van der Waals surface area contributed by atoms with E-state index in [1.807, 2.05) is 18.0 Å². The average molecular weight is 219 g/mol. The van der Waals surface area contributed by atoms with Gasteiger partial charge in [0.05, 0.1) is 6.54 Å². The maximum absolute atomic E-state index is 10.7. The van der Waals surface area contributed by atoms with Gasteiger partial charge in [0.15, 0.2) is 0 Å². The first-order valence-corrected chi connectivity index (χ1v) is 5.68. The Kier molecular flexibility index (Phi) is 3.25. The first-order valence-electron chi connectivity index (χ1n) is 5.68. The van der Waals surface area contributed by atoms with Crippen LogP contribution >= 0.6 is 0 Å². The van der Waals surface area contributed by atoms with Crippen molar-refractivity contribution in [2.24, 2.45) is 0 Å². The average Bonchev–Trinajstić information content (AvgIpc) is 2.27. The number of benzene rings is 1. The van der Waals surface area contributed by atoms with E-state index in [0.717, 1.165) is 19.3 Å². The summed E-state index contributed by atoms with van der Waals surface area (Å²) in [4.78, 5) is 12.7. The Hall–Kier alpha value is -1.35. The van der Waals surface area contributed by atoms with Crippen LogP contribution < -0.4 is 0 Å². The van der Waals surface area contributed by atoms with E-state index in [4.69, 9.17) is 5.11 Å². The zero-order valence-corrected chi connectivity index (χ0v) is 9.52. The van der Waals surface area contributed by atoms with Crippen LogP contribution in [0.25, 0.3) is 0 Å². The molecule has 16 heavy (non-hydrogen) atoms. The fourth-order valence-electron chi connectivity index (χ4n) is 2.51. The predicted molar refractivity (Wildman–Crippen MR) is 62.4 cm³/mol. The van der Waals surface area contributed by atoms with Gasteiger partial charge in [-0.1, -0.05) is 24.3 Å². The normalized spacial score (nSPS) is 19.5. The molecule has 86 valence electrons. The highest BCUT2D eigenvalue weighted by Crippen LogP contribution is 2.33. The van der Waals surface area contributed by atoms with Crippen molar-refractivity contribution in [3.05, 3.63) is 35.4 Å². The van der Waals surface area contributed by atoms with Crippen LogP contribution in [-0.2, 0) is 11.2 Å². The van der Waals surface area contributed by atoms with Crippen LogP contribution in [-0.4, -0.2) is 29.6 Å². The standard InChI is InChI=1S/C13H17NO2/c1-14(9-13(15)16)12-8-4-6-10-5-2-3-7-11(10)12/h2-3,5,7,12H,4,6,8-9H2,1H3,(H,15,16)/t12-/m1/s1. The quantitative estimate of drug-likeness (QED) is 0.846. The summed E-state index contributed by atoms with van der Waals surface area (Å²) in [5.41, 5.74) is 2.67. The molecule has 0 aliphatic heterocycles. The molecule has 0 saturated heterocycles. The molecule has 2 rings (SSSR count). The SMILES string of the molecule is CN(CC(=O)O)[C@@H]1CCCc2ccccc21. The van der Waals surface area contributed by atoms with Gasteiger partial charge in [-0.05, 0) is 37.4 Å². The van der Waals surface area contributed by atoms with Gasteiger partial charge in [-0.2, -0.15) is 0 Å². The summed E-state index contributed by atoms with van der Waals surface area (Å²) in [6.45, 7) is 0.110. The van der Waals surface area contributed by atoms with Crippen LogP contribution in [0.3, 0.4) is 0 Å². The van der Waals surface area contributed by atoms with Crippen LogP contribution in [0.5, 0.6) is 0 Å². The molecular weight excluding hydrogens is 202 g/mol. The monoisotopic (exact) mass is 219 g/mol. The highest BCUT2D eigenvalue weighted by Gasteiger charge is 2.24. The van der Waals surface area contributed by atoms with E-state index in [1.54, 1.807) is 0 Å². The smallest absolute Gasteiger partial charge is 0.317 e. The molecule has 0 amide bonds. The molecule has 1 aromatic carbocycles. The Bertz CT molecular complexity index is 389. The van der Waals surface area contributed by atoms with Gasteiger partial charge in [-0.3, -0.25) is 9.69 Å². The maximum atomic E-state index is 10.7. The highest BCUT2D eigenvalue weighted by atomic mass is 16.4. The highest BCUT2D eigenvalue weighted by molar-refractivity contribution is 5.69. The molecule has 3 nitrogen and oxygen atoms in total. The molecule has 0 spiro atoms. The zero-order valence-electron chi connectivity index (χ0n) is 9.52. The Morgan fingerprint density at radius 2 is 2.25 bits per heavy atom. The fraction of sp³-hybridized carbons (Fsp3) is 0.462. The van der Waals surface area contributed by atoms with Gasteiger partial charge in [0.1, 0.15) is 0 Å². The van der Waals surface area contributed by atoms with E-state index < -0.39 is 5.97 Å². The van der Waals surface area contributed by atoms with Crippen LogP contribution in [0, 0.1) is 0 Å². The van der Waals surface area contributed by atoms with Crippen molar-refractivity contribution in [1.29, 1.82) is 0 Å². The van der Waals surface area contributed by atoms with Crippen molar-refractivity contribution < 1.29 is 9.90 Å². The molecule has 1 atom stereocenters. The van der Waals surface area contributed by atoms with Gasteiger partial charge >= 0.3 is 5.97 Å². The molecule has 0 unspecified atom stereocenters.